The molecular formula is C16H26N2O2. The van der Waals surface area contributed by atoms with Crippen LogP contribution in [0, 0.1) is 0 Å². The van der Waals surface area contributed by atoms with E-state index >= 15 is 0 Å². The number of para-hydroxylation sites is 1. The Bertz CT molecular complexity index is 404. The van der Waals surface area contributed by atoms with Crippen molar-refractivity contribution >= 4 is 11.6 Å². The van der Waals surface area contributed by atoms with E-state index in [9.17, 15) is 4.79 Å². The molecule has 0 aromatic heterocycles. The zero-order valence-electron chi connectivity index (χ0n) is 12.9. The topological polar surface area (TPSA) is 43.8 Å². The molecule has 0 saturated heterocycles. The lowest BCUT2D eigenvalue weighted by molar-refractivity contribution is -0.120. The van der Waals surface area contributed by atoms with Gasteiger partial charge in [0, 0.05) is 24.3 Å². The van der Waals surface area contributed by atoms with Crippen LogP contribution in [-0.4, -0.2) is 47.7 Å². The number of aliphatic hydroxyl groups excluding tert-OH is 1. The minimum Gasteiger partial charge on any atom is -0.395 e. The minimum absolute atomic E-state index is 0.0633. The molecule has 0 spiro atoms. The SMILES string of the molecule is CC(C)N(CCO)CC(=O)N(c1ccccc1)C(C)C. The zero-order chi connectivity index (χ0) is 15.1. The molecule has 1 aromatic carbocycles. The molecule has 0 aliphatic carbocycles. The van der Waals surface area contributed by atoms with Gasteiger partial charge in [-0.05, 0) is 39.8 Å². The first-order valence-corrected chi connectivity index (χ1v) is 7.19. The van der Waals surface area contributed by atoms with Crippen LogP contribution < -0.4 is 4.90 Å². The normalized spacial score (nSPS) is 11.4. The van der Waals surface area contributed by atoms with E-state index in [1.807, 2.05) is 67.8 Å². The quantitative estimate of drug-likeness (QED) is 0.831. The summed E-state index contributed by atoms with van der Waals surface area (Å²) in [6.07, 6.45) is 0. The maximum Gasteiger partial charge on any atom is 0.241 e. The largest absolute Gasteiger partial charge is 0.395 e. The molecule has 0 radical (unpaired) electrons. The first-order chi connectivity index (χ1) is 9.47. The molecule has 0 aliphatic rings. The van der Waals surface area contributed by atoms with Crippen LogP contribution in [0.2, 0.25) is 0 Å². The lowest BCUT2D eigenvalue weighted by atomic mass is 10.2. The molecule has 0 saturated carbocycles. The molecule has 1 N–H and O–H groups in total. The highest BCUT2D eigenvalue weighted by Crippen LogP contribution is 2.17. The van der Waals surface area contributed by atoms with Gasteiger partial charge in [-0.1, -0.05) is 18.2 Å². The Balaban J connectivity index is 2.85. The fourth-order valence-corrected chi connectivity index (χ4v) is 2.22. The third-order valence-electron chi connectivity index (χ3n) is 3.28. The highest BCUT2D eigenvalue weighted by atomic mass is 16.3. The summed E-state index contributed by atoms with van der Waals surface area (Å²) in [5, 5.41) is 9.10. The van der Waals surface area contributed by atoms with Crippen LogP contribution in [0.15, 0.2) is 30.3 Å². The van der Waals surface area contributed by atoms with Crippen molar-refractivity contribution in [2.45, 2.75) is 39.8 Å². The number of rotatable bonds is 7. The van der Waals surface area contributed by atoms with Crippen molar-refractivity contribution in [3.05, 3.63) is 30.3 Å². The van der Waals surface area contributed by atoms with Gasteiger partial charge in [-0.3, -0.25) is 9.69 Å². The molecule has 0 atom stereocenters. The predicted octanol–water partition coefficient (Wildman–Crippen LogP) is 2.13. The summed E-state index contributed by atoms with van der Waals surface area (Å²) < 4.78 is 0. The maximum absolute atomic E-state index is 12.6. The Morgan fingerprint density at radius 3 is 2.15 bits per heavy atom. The number of benzene rings is 1. The second-order valence-electron chi connectivity index (χ2n) is 5.48. The Labute approximate surface area is 122 Å². The van der Waals surface area contributed by atoms with Crippen LogP contribution in [0.5, 0.6) is 0 Å². The number of hydrogen-bond donors (Lipinski definition) is 1. The van der Waals surface area contributed by atoms with Gasteiger partial charge in [-0.2, -0.15) is 0 Å². The number of anilines is 1. The Kier molecular flexibility index (Phi) is 6.68. The number of carbonyl (C=O) groups excluding carboxylic acids is 1. The molecule has 0 heterocycles. The van der Waals surface area contributed by atoms with Crippen molar-refractivity contribution in [1.82, 2.24) is 4.90 Å². The number of aliphatic hydroxyl groups is 1. The highest BCUT2D eigenvalue weighted by Gasteiger charge is 2.22. The molecule has 0 unspecified atom stereocenters. The number of carbonyl (C=O) groups is 1. The van der Waals surface area contributed by atoms with Gasteiger partial charge in [-0.25, -0.2) is 0 Å². The third kappa shape index (κ3) is 4.62. The molecule has 1 amide bonds. The average Bonchev–Trinajstić information content (AvgIpc) is 2.39. The van der Waals surface area contributed by atoms with E-state index in [1.165, 1.54) is 0 Å². The zero-order valence-corrected chi connectivity index (χ0v) is 12.9. The van der Waals surface area contributed by atoms with Crippen LogP contribution in [-0.2, 0) is 4.79 Å². The molecule has 1 rings (SSSR count). The van der Waals surface area contributed by atoms with Crippen LogP contribution in [0.1, 0.15) is 27.7 Å². The van der Waals surface area contributed by atoms with Crippen molar-refractivity contribution in [3.63, 3.8) is 0 Å². The second-order valence-corrected chi connectivity index (χ2v) is 5.48. The van der Waals surface area contributed by atoms with Crippen molar-refractivity contribution in [2.75, 3.05) is 24.6 Å². The molecular weight excluding hydrogens is 252 g/mol. The van der Waals surface area contributed by atoms with Crippen LogP contribution in [0.4, 0.5) is 5.69 Å². The van der Waals surface area contributed by atoms with E-state index in [0.717, 1.165) is 5.69 Å². The summed E-state index contributed by atoms with van der Waals surface area (Å²) in [6, 6.07) is 10.0. The summed E-state index contributed by atoms with van der Waals surface area (Å²) in [7, 11) is 0. The molecule has 4 heteroatoms. The van der Waals surface area contributed by atoms with Crippen LogP contribution >= 0.6 is 0 Å². The van der Waals surface area contributed by atoms with E-state index < -0.39 is 0 Å². The van der Waals surface area contributed by atoms with Gasteiger partial charge >= 0.3 is 0 Å². The number of hydrogen-bond acceptors (Lipinski definition) is 3. The van der Waals surface area contributed by atoms with Gasteiger partial charge in [0.05, 0.1) is 13.2 Å². The predicted molar refractivity (Wildman–Crippen MR) is 82.9 cm³/mol. The van der Waals surface area contributed by atoms with Crippen molar-refractivity contribution in [1.29, 1.82) is 0 Å². The van der Waals surface area contributed by atoms with Gasteiger partial charge in [0.1, 0.15) is 0 Å². The van der Waals surface area contributed by atoms with Gasteiger partial charge in [-0.15, -0.1) is 0 Å². The summed E-state index contributed by atoms with van der Waals surface area (Å²) in [5.74, 6) is 0.0633. The third-order valence-corrected chi connectivity index (χ3v) is 3.28. The lowest BCUT2D eigenvalue weighted by Gasteiger charge is -2.31. The number of nitrogens with zero attached hydrogens (tertiary/aromatic N) is 2. The molecule has 0 fully saturated rings. The van der Waals surface area contributed by atoms with Crippen molar-refractivity contribution < 1.29 is 9.90 Å². The van der Waals surface area contributed by atoms with Gasteiger partial charge < -0.3 is 10.0 Å². The van der Waals surface area contributed by atoms with Gasteiger partial charge in [0.25, 0.3) is 0 Å². The summed E-state index contributed by atoms with van der Waals surface area (Å²) in [4.78, 5) is 16.4. The highest BCUT2D eigenvalue weighted by molar-refractivity contribution is 5.95. The molecule has 0 aliphatic heterocycles. The molecule has 20 heavy (non-hydrogen) atoms. The Morgan fingerprint density at radius 2 is 1.70 bits per heavy atom. The second kappa shape index (κ2) is 8.02. The van der Waals surface area contributed by atoms with Crippen LogP contribution in [0.25, 0.3) is 0 Å². The first kappa shape index (κ1) is 16.7. The van der Waals surface area contributed by atoms with Crippen molar-refractivity contribution in [2.24, 2.45) is 0 Å². The van der Waals surface area contributed by atoms with Gasteiger partial charge in [0.15, 0.2) is 0 Å². The summed E-state index contributed by atoms with van der Waals surface area (Å²) in [6.45, 7) is 9.00. The van der Waals surface area contributed by atoms with E-state index in [4.69, 9.17) is 5.11 Å². The van der Waals surface area contributed by atoms with E-state index in [1.54, 1.807) is 0 Å². The van der Waals surface area contributed by atoms with Crippen LogP contribution in [0.3, 0.4) is 0 Å². The summed E-state index contributed by atoms with van der Waals surface area (Å²) >= 11 is 0. The first-order valence-electron chi connectivity index (χ1n) is 7.19. The fraction of sp³-hybridized carbons (Fsp3) is 0.562. The smallest absolute Gasteiger partial charge is 0.241 e. The Morgan fingerprint density at radius 1 is 1.10 bits per heavy atom. The molecule has 4 nitrogen and oxygen atoms in total. The minimum atomic E-state index is 0.0633. The molecule has 0 bridgehead atoms. The molecule has 112 valence electrons. The van der Waals surface area contributed by atoms with Crippen molar-refractivity contribution in [3.8, 4) is 0 Å². The van der Waals surface area contributed by atoms with E-state index in [2.05, 4.69) is 0 Å². The van der Waals surface area contributed by atoms with Gasteiger partial charge in [0.2, 0.25) is 5.91 Å². The lowest BCUT2D eigenvalue weighted by Crippen LogP contribution is -2.46. The monoisotopic (exact) mass is 278 g/mol. The number of amides is 1. The summed E-state index contributed by atoms with van der Waals surface area (Å²) in [5.41, 5.74) is 0.917. The van der Waals surface area contributed by atoms with E-state index in [-0.39, 0.29) is 24.6 Å². The standard InChI is InChI=1S/C16H26N2O2/c1-13(2)17(10-11-19)12-16(20)18(14(3)4)15-8-6-5-7-9-15/h5-9,13-14,19H,10-12H2,1-4H3. The fourth-order valence-electron chi connectivity index (χ4n) is 2.22. The molecule has 1 aromatic rings. The maximum atomic E-state index is 12.6. The average molecular weight is 278 g/mol. The van der Waals surface area contributed by atoms with E-state index in [0.29, 0.717) is 13.1 Å². The Hall–Kier alpha value is -1.39.